The van der Waals surface area contributed by atoms with E-state index in [1.54, 1.807) is 7.11 Å². The van der Waals surface area contributed by atoms with Crippen molar-refractivity contribution in [1.29, 1.82) is 0 Å². The average Bonchev–Trinajstić information content (AvgIpc) is 3.14. The summed E-state index contributed by atoms with van der Waals surface area (Å²) in [5, 5.41) is 7.81. The van der Waals surface area contributed by atoms with Gasteiger partial charge in [0.1, 0.15) is 0 Å². The summed E-state index contributed by atoms with van der Waals surface area (Å²) in [6, 6.07) is 17.4. The molecule has 2 aromatic carbocycles. The van der Waals surface area contributed by atoms with E-state index in [1.807, 2.05) is 59.3 Å². The molecule has 6 nitrogen and oxygen atoms in total. The van der Waals surface area contributed by atoms with E-state index in [-0.39, 0.29) is 5.91 Å². The summed E-state index contributed by atoms with van der Waals surface area (Å²) in [5.41, 5.74) is 2.76. The van der Waals surface area contributed by atoms with Gasteiger partial charge in [-0.05, 0) is 43.0 Å². The van der Waals surface area contributed by atoms with Gasteiger partial charge >= 0.3 is 0 Å². The van der Waals surface area contributed by atoms with Crippen LogP contribution in [-0.2, 0) is 17.6 Å². The summed E-state index contributed by atoms with van der Waals surface area (Å²) in [6.07, 6.45) is 1.66. The fourth-order valence-corrected chi connectivity index (χ4v) is 3.31. The van der Waals surface area contributed by atoms with Crippen LogP contribution in [0, 0.1) is 5.92 Å². The standard InChI is InChI=1S/C25H31N3O3/c1-5-21-20(15-16-24(29)26-17-18(2)3)25(28(27-21)19-11-7-6-8-12-19)31-23-14-10-9-13-22(23)30-4/h6-14,18H,5,15-17H2,1-4H3,(H,26,29). The Morgan fingerprint density at radius 1 is 1.06 bits per heavy atom. The van der Waals surface area contributed by atoms with Crippen molar-refractivity contribution in [3.63, 3.8) is 0 Å². The average molecular weight is 422 g/mol. The summed E-state index contributed by atoms with van der Waals surface area (Å²) in [5.74, 6) is 2.31. The van der Waals surface area contributed by atoms with E-state index in [0.717, 1.165) is 23.4 Å². The first kappa shape index (κ1) is 22.4. The van der Waals surface area contributed by atoms with Gasteiger partial charge in [-0.2, -0.15) is 5.10 Å². The summed E-state index contributed by atoms with van der Waals surface area (Å²) in [4.78, 5) is 12.4. The zero-order valence-electron chi connectivity index (χ0n) is 18.7. The molecule has 164 valence electrons. The van der Waals surface area contributed by atoms with Crippen LogP contribution in [0.1, 0.15) is 38.4 Å². The number of ether oxygens (including phenoxy) is 2. The Bertz CT molecular complexity index is 997. The van der Waals surface area contributed by atoms with Crippen LogP contribution in [0.15, 0.2) is 54.6 Å². The van der Waals surface area contributed by atoms with Gasteiger partial charge in [0.25, 0.3) is 0 Å². The maximum absolute atomic E-state index is 12.4. The predicted molar refractivity (Wildman–Crippen MR) is 122 cm³/mol. The number of hydrogen-bond acceptors (Lipinski definition) is 4. The second-order valence-corrected chi connectivity index (χ2v) is 7.78. The number of carbonyl (C=O) groups is 1. The Morgan fingerprint density at radius 2 is 1.74 bits per heavy atom. The molecule has 31 heavy (non-hydrogen) atoms. The molecule has 0 unspecified atom stereocenters. The van der Waals surface area contributed by atoms with Gasteiger partial charge in [-0.25, -0.2) is 4.68 Å². The van der Waals surface area contributed by atoms with Crippen molar-refractivity contribution in [2.45, 2.75) is 40.0 Å². The van der Waals surface area contributed by atoms with Crippen molar-refractivity contribution >= 4 is 5.91 Å². The van der Waals surface area contributed by atoms with Crippen LogP contribution in [-0.4, -0.2) is 29.3 Å². The van der Waals surface area contributed by atoms with Gasteiger partial charge in [0.2, 0.25) is 11.8 Å². The first-order chi connectivity index (χ1) is 15.0. The molecular formula is C25H31N3O3. The third-order valence-corrected chi connectivity index (χ3v) is 4.94. The first-order valence-electron chi connectivity index (χ1n) is 10.8. The van der Waals surface area contributed by atoms with Crippen molar-refractivity contribution in [3.8, 4) is 23.1 Å². The molecule has 3 aromatic rings. The minimum Gasteiger partial charge on any atom is -0.493 e. The number of aromatic nitrogens is 2. The van der Waals surface area contributed by atoms with Gasteiger partial charge in [0.15, 0.2) is 11.5 Å². The Balaban J connectivity index is 1.98. The fourth-order valence-electron chi connectivity index (χ4n) is 3.31. The molecular weight excluding hydrogens is 390 g/mol. The number of nitrogens with zero attached hydrogens (tertiary/aromatic N) is 2. The third-order valence-electron chi connectivity index (χ3n) is 4.94. The summed E-state index contributed by atoms with van der Waals surface area (Å²) < 4.78 is 13.7. The number of methoxy groups -OCH3 is 1. The number of aryl methyl sites for hydroxylation is 1. The lowest BCUT2D eigenvalue weighted by atomic mass is 10.1. The van der Waals surface area contributed by atoms with Gasteiger partial charge < -0.3 is 14.8 Å². The molecule has 0 aliphatic heterocycles. The molecule has 0 bridgehead atoms. The zero-order valence-corrected chi connectivity index (χ0v) is 18.7. The second-order valence-electron chi connectivity index (χ2n) is 7.78. The van der Waals surface area contributed by atoms with E-state index in [4.69, 9.17) is 14.6 Å². The Morgan fingerprint density at radius 3 is 2.39 bits per heavy atom. The minimum atomic E-state index is 0.0338. The zero-order chi connectivity index (χ0) is 22.2. The van der Waals surface area contributed by atoms with Crippen LogP contribution >= 0.6 is 0 Å². The lowest BCUT2D eigenvalue weighted by molar-refractivity contribution is -0.121. The molecule has 0 spiro atoms. The molecule has 1 amide bonds. The molecule has 0 aliphatic carbocycles. The van der Waals surface area contributed by atoms with Crippen molar-refractivity contribution in [3.05, 3.63) is 65.9 Å². The lowest BCUT2D eigenvalue weighted by Crippen LogP contribution is -2.27. The number of nitrogens with one attached hydrogen (secondary N) is 1. The maximum atomic E-state index is 12.4. The van der Waals surface area contributed by atoms with Gasteiger partial charge in [-0.3, -0.25) is 4.79 Å². The molecule has 0 aliphatic rings. The Labute approximate surface area is 184 Å². The van der Waals surface area contributed by atoms with Crippen molar-refractivity contribution in [1.82, 2.24) is 15.1 Å². The number of amides is 1. The number of para-hydroxylation sites is 3. The lowest BCUT2D eigenvalue weighted by Gasteiger charge is -2.14. The van der Waals surface area contributed by atoms with Crippen molar-refractivity contribution in [2.75, 3.05) is 13.7 Å². The number of hydrogen-bond donors (Lipinski definition) is 1. The van der Waals surface area contributed by atoms with E-state index >= 15 is 0 Å². The first-order valence-corrected chi connectivity index (χ1v) is 10.8. The molecule has 0 fully saturated rings. The SMILES string of the molecule is CCc1nn(-c2ccccc2)c(Oc2ccccc2OC)c1CCC(=O)NCC(C)C. The predicted octanol–water partition coefficient (Wildman–Crippen LogP) is 4.94. The molecule has 3 rings (SSSR count). The van der Waals surface area contributed by atoms with Crippen LogP contribution in [0.25, 0.3) is 5.69 Å². The summed E-state index contributed by atoms with van der Waals surface area (Å²) >= 11 is 0. The number of rotatable bonds is 10. The largest absolute Gasteiger partial charge is 0.493 e. The molecule has 0 atom stereocenters. The highest BCUT2D eigenvalue weighted by molar-refractivity contribution is 5.76. The molecule has 1 aromatic heterocycles. The maximum Gasteiger partial charge on any atom is 0.226 e. The Hall–Kier alpha value is -3.28. The molecule has 0 saturated heterocycles. The highest BCUT2D eigenvalue weighted by atomic mass is 16.5. The van der Waals surface area contributed by atoms with Crippen LogP contribution in [0.3, 0.4) is 0 Å². The summed E-state index contributed by atoms with van der Waals surface area (Å²) in [7, 11) is 1.62. The van der Waals surface area contributed by atoms with Gasteiger partial charge in [-0.15, -0.1) is 0 Å². The normalized spacial score (nSPS) is 10.9. The third kappa shape index (κ3) is 5.66. The monoisotopic (exact) mass is 421 g/mol. The molecule has 1 N–H and O–H groups in total. The highest BCUT2D eigenvalue weighted by Crippen LogP contribution is 2.36. The second kappa shape index (κ2) is 10.7. The van der Waals surface area contributed by atoms with E-state index in [0.29, 0.717) is 42.7 Å². The van der Waals surface area contributed by atoms with Gasteiger partial charge in [0, 0.05) is 18.5 Å². The highest BCUT2D eigenvalue weighted by Gasteiger charge is 2.22. The smallest absolute Gasteiger partial charge is 0.226 e. The van der Waals surface area contributed by atoms with Gasteiger partial charge in [-0.1, -0.05) is 51.1 Å². The van der Waals surface area contributed by atoms with Crippen LogP contribution in [0.4, 0.5) is 0 Å². The molecule has 1 heterocycles. The van der Waals surface area contributed by atoms with Crippen molar-refractivity contribution in [2.24, 2.45) is 5.92 Å². The Kier molecular flexibility index (Phi) is 7.70. The van der Waals surface area contributed by atoms with E-state index < -0.39 is 0 Å². The molecule has 0 radical (unpaired) electrons. The topological polar surface area (TPSA) is 65.4 Å². The van der Waals surface area contributed by atoms with E-state index in [1.165, 1.54) is 0 Å². The number of carbonyl (C=O) groups excluding carboxylic acids is 1. The quantitative estimate of drug-likeness (QED) is 0.504. The molecule has 6 heteroatoms. The molecule has 0 saturated carbocycles. The van der Waals surface area contributed by atoms with Crippen LogP contribution in [0.2, 0.25) is 0 Å². The van der Waals surface area contributed by atoms with Crippen LogP contribution in [0.5, 0.6) is 17.4 Å². The van der Waals surface area contributed by atoms with Crippen molar-refractivity contribution < 1.29 is 14.3 Å². The van der Waals surface area contributed by atoms with Crippen LogP contribution < -0.4 is 14.8 Å². The van der Waals surface area contributed by atoms with E-state index in [9.17, 15) is 4.79 Å². The fraction of sp³-hybridized carbons (Fsp3) is 0.360. The van der Waals surface area contributed by atoms with Gasteiger partial charge in [0.05, 0.1) is 18.5 Å². The van der Waals surface area contributed by atoms with E-state index in [2.05, 4.69) is 26.1 Å². The summed E-state index contributed by atoms with van der Waals surface area (Å²) in [6.45, 7) is 6.90. The minimum absolute atomic E-state index is 0.0338. The number of benzene rings is 2.